The van der Waals surface area contributed by atoms with Gasteiger partial charge in [0.15, 0.2) is 0 Å². The Morgan fingerprint density at radius 3 is 2.45 bits per heavy atom. The van der Waals surface area contributed by atoms with Crippen LogP contribution in [0, 0.1) is 17.3 Å². The molecule has 0 spiro atoms. The molecule has 0 bridgehead atoms. The third kappa shape index (κ3) is 3.75. The van der Waals surface area contributed by atoms with E-state index in [4.69, 9.17) is 9.47 Å². The van der Waals surface area contributed by atoms with Crippen molar-refractivity contribution in [3.8, 4) is 11.5 Å². The predicted molar refractivity (Wildman–Crippen MR) is 131 cm³/mol. The fourth-order valence-electron chi connectivity index (χ4n) is 6.92. The van der Waals surface area contributed by atoms with Crippen LogP contribution in [0.2, 0.25) is 0 Å². The quantitative estimate of drug-likeness (QED) is 0.484. The minimum Gasteiger partial charge on any atom is -0.497 e. The van der Waals surface area contributed by atoms with Crippen LogP contribution in [0.1, 0.15) is 56.1 Å². The van der Waals surface area contributed by atoms with Crippen LogP contribution in [-0.2, 0) is 6.42 Å². The molecule has 0 radical (unpaired) electrons. The van der Waals surface area contributed by atoms with Gasteiger partial charge in [0, 0.05) is 16.6 Å². The summed E-state index contributed by atoms with van der Waals surface area (Å²) < 4.78 is 10.8. The van der Waals surface area contributed by atoms with Crippen molar-refractivity contribution < 1.29 is 9.47 Å². The second kappa shape index (κ2) is 8.35. The fourth-order valence-corrected chi connectivity index (χ4v) is 7.70. The molecule has 5 rings (SSSR count). The summed E-state index contributed by atoms with van der Waals surface area (Å²) in [7, 11) is 3.50. The second-order valence-corrected chi connectivity index (χ2v) is 11.3. The highest BCUT2D eigenvalue weighted by Crippen LogP contribution is 2.60. The van der Waals surface area contributed by atoms with Gasteiger partial charge in [-0.25, -0.2) is 0 Å². The number of hydrogen-bond donors (Lipinski definition) is 1. The first kappa shape index (κ1) is 21.2. The van der Waals surface area contributed by atoms with Gasteiger partial charge in [0.1, 0.15) is 11.5 Å². The Labute approximate surface area is 195 Å². The SMILES string of the molecule is COc1ccc(N[C@H]2C[C@@H](Br)C[C@H]3[C@@H]4CCc5cc(OC)ccc5[C@H]4CC[C@]23C)cc1. The molecule has 2 aromatic rings. The molecule has 6 atom stereocenters. The van der Waals surface area contributed by atoms with Crippen molar-refractivity contribution in [3.05, 3.63) is 53.6 Å². The normalized spacial score (nSPS) is 34.1. The summed E-state index contributed by atoms with van der Waals surface area (Å²) in [4.78, 5) is 0.581. The van der Waals surface area contributed by atoms with E-state index in [9.17, 15) is 0 Å². The zero-order valence-corrected chi connectivity index (χ0v) is 20.5. The zero-order chi connectivity index (χ0) is 21.6. The first-order valence-corrected chi connectivity index (χ1v) is 12.6. The van der Waals surface area contributed by atoms with E-state index in [0.717, 1.165) is 23.3 Å². The Kier molecular flexibility index (Phi) is 5.70. The first-order chi connectivity index (χ1) is 15.0. The zero-order valence-electron chi connectivity index (χ0n) is 18.9. The molecule has 0 unspecified atom stereocenters. The molecule has 0 aliphatic heterocycles. The van der Waals surface area contributed by atoms with Crippen molar-refractivity contribution >= 4 is 21.6 Å². The van der Waals surface area contributed by atoms with Gasteiger partial charge in [0.2, 0.25) is 0 Å². The summed E-state index contributed by atoms with van der Waals surface area (Å²) >= 11 is 4.04. The standard InChI is InChI=1S/C27H34BrNO2/c1-27-13-12-23-22-11-9-21(31-3)14-17(22)4-10-24(23)25(27)15-18(28)16-26(27)29-19-5-7-20(30-2)8-6-19/h5-9,11,14,18,23-26,29H,4,10,12-13,15-16H2,1-3H3/t18-,23+,24+,25-,26-,27-/m0/s1. The van der Waals surface area contributed by atoms with E-state index in [0.29, 0.717) is 22.2 Å². The number of halogens is 1. The monoisotopic (exact) mass is 483 g/mol. The molecular formula is C27H34BrNO2. The van der Waals surface area contributed by atoms with Crippen LogP contribution in [0.4, 0.5) is 5.69 Å². The van der Waals surface area contributed by atoms with Gasteiger partial charge in [-0.1, -0.05) is 28.9 Å². The molecule has 166 valence electrons. The third-order valence-corrected chi connectivity index (χ3v) is 9.35. The predicted octanol–water partition coefficient (Wildman–Crippen LogP) is 6.80. The first-order valence-electron chi connectivity index (χ1n) is 11.7. The maximum Gasteiger partial charge on any atom is 0.119 e. The topological polar surface area (TPSA) is 30.5 Å². The molecule has 4 heteroatoms. The summed E-state index contributed by atoms with van der Waals surface area (Å²) in [6.45, 7) is 2.57. The molecule has 3 nitrogen and oxygen atoms in total. The molecular weight excluding hydrogens is 450 g/mol. The average molecular weight is 484 g/mol. The lowest BCUT2D eigenvalue weighted by molar-refractivity contribution is -0.0109. The van der Waals surface area contributed by atoms with E-state index < -0.39 is 0 Å². The number of alkyl halides is 1. The van der Waals surface area contributed by atoms with Gasteiger partial charge in [-0.2, -0.15) is 0 Å². The average Bonchev–Trinajstić information content (AvgIpc) is 2.79. The molecule has 2 fully saturated rings. The van der Waals surface area contributed by atoms with Crippen molar-refractivity contribution in [2.75, 3.05) is 19.5 Å². The van der Waals surface area contributed by atoms with Gasteiger partial charge in [-0.05, 0) is 109 Å². The van der Waals surface area contributed by atoms with Gasteiger partial charge in [0.05, 0.1) is 14.2 Å². The lowest BCUT2D eigenvalue weighted by Crippen LogP contribution is -2.55. The van der Waals surface area contributed by atoms with Gasteiger partial charge in [-0.15, -0.1) is 0 Å². The Morgan fingerprint density at radius 2 is 1.71 bits per heavy atom. The van der Waals surface area contributed by atoms with Crippen LogP contribution in [0.5, 0.6) is 11.5 Å². The molecule has 1 N–H and O–H groups in total. The highest BCUT2D eigenvalue weighted by atomic mass is 79.9. The van der Waals surface area contributed by atoms with Crippen LogP contribution in [0.15, 0.2) is 42.5 Å². The molecule has 0 heterocycles. The van der Waals surface area contributed by atoms with Gasteiger partial charge in [0.25, 0.3) is 0 Å². The lowest BCUT2D eigenvalue weighted by Gasteiger charge is -2.58. The maximum absolute atomic E-state index is 5.50. The van der Waals surface area contributed by atoms with E-state index in [-0.39, 0.29) is 0 Å². The molecule has 3 aliphatic carbocycles. The van der Waals surface area contributed by atoms with Crippen LogP contribution >= 0.6 is 15.9 Å². The number of nitrogens with one attached hydrogen (secondary N) is 1. The molecule has 2 saturated carbocycles. The van der Waals surface area contributed by atoms with Crippen LogP contribution in [-0.4, -0.2) is 25.1 Å². The minimum absolute atomic E-state index is 0.329. The fraction of sp³-hybridized carbons (Fsp3) is 0.556. The summed E-state index contributed by atoms with van der Waals surface area (Å²) in [5.74, 6) is 4.14. The third-order valence-electron chi connectivity index (χ3n) is 8.60. The number of benzene rings is 2. The Hall–Kier alpha value is -1.68. The van der Waals surface area contributed by atoms with Crippen molar-refractivity contribution in [2.45, 2.75) is 62.2 Å². The van der Waals surface area contributed by atoms with E-state index >= 15 is 0 Å². The molecule has 0 aromatic heterocycles. The number of hydrogen-bond acceptors (Lipinski definition) is 3. The number of rotatable bonds is 4. The lowest BCUT2D eigenvalue weighted by atomic mass is 9.49. The van der Waals surface area contributed by atoms with Crippen molar-refractivity contribution in [2.24, 2.45) is 17.3 Å². The summed E-state index contributed by atoms with van der Waals surface area (Å²) in [6, 6.07) is 15.7. The molecule has 3 aliphatic rings. The Bertz CT molecular complexity index is 929. The van der Waals surface area contributed by atoms with Gasteiger partial charge < -0.3 is 14.8 Å². The van der Waals surface area contributed by atoms with Crippen LogP contribution in [0.25, 0.3) is 0 Å². The van der Waals surface area contributed by atoms with Crippen molar-refractivity contribution in [1.82, 2.24) is 0 Å². The number of ether oxygens (including phenoxy) is 2. The van der Waals surface area contributed by atoms with Gasteiger partial charge in [-0.3, -0.25) is 0 Å². The van der Waals surface area contributed by atoms with Gasteiger partial charge >= 0.3 is 0 Å². The smallest absolute Gasteiger partial charge is 0.119 e. The summed E-state index contributed by atoms with van der Waals surface area (Å²) in [5.41, 5.74) is 4.64. The summed E-state index contributed by atoms with van der Waals surface area (Å²) in [6.07, 6.45) is 7.56. The second-order valence-electron chi connectivity index (χ2n) is 10.0. The number of anilines is 1. The molecule has 2 aromatic carbocycles. The largest absolute Gasteiger partial charge is 0.497 e. The van der Waals surface area contributed by atoms with E-state index in [1.165, 1.54) is 49.8 Å². The number of aryl methyl sites for hydroxylation is 1. The summed E-state index contributed by atoms with van der Waals surface area (Å²) in [5, 5.41) is 3.93. The number of methoxy groups -OCH3 is 2. The molecule has 0 amide bonds. The van der Waals surface area contributed by atoms with E-state index in [2.05, 4.69) is 70.6 Å². The van der Waals surface area contributed by atoms with E-state index in [1.54, 1.807) is 19.8 Å². The highest BCUT2D eigenvalue weighted by Gasteiger charge is 2.54. The molecule has 0 saturated heterocycles. The molecule has 31 heavy (non-hydrogen) atoms. The van der Waals surface area contributed by atoms with Crippen LogP contribution < -0.4 is 14.8 Å². The Balaban J connectivity index is 1.41. The maximum atomic E-state index is 5.50. The van der Waals surface area contributed by atoms with E-state index in [1.807, 2.05) is 0 Å². The van der Waals surface area contributed by atoms with Crippen LogP contribution in [0.3, 0.4) is 0 Å². The van der Waals surface area contributed by atoms with Crippen molar-refractivity contribution in [1.29, 1.82) is 0 Å². The minimum atomic E-state index is 0.329. The van der Waals surface area contributed by atoms with Crippen molar-refractivity contribution in [3.63, 3.8) is 0 Å². The highest BCUT2D eigenvalue weighted by molar-refractivity contribution is 9.09. The Morgan fingerprint density at radius 1 is 0.968 bits per heavy atom. The number of fused-ring (bicyclic) bond motifs is 5.